The third-order valence-electron chi connectivity index (χ3n) is 3.19. The molecule has 2 rings (SSSR count). The number of hydrogen-bond donors (Lipinski definition) is 2. The summed E-state index contributed by atoms with van der Waals surface area (Å²) in [6.45, 7) is 4.91. The van der Waals surface area contributed by atoms with Crippen molar-refractivity contribution in [3.8, 4) is 5.75 Å². The first-order chi connectivity index (χ1) is 9.49. The van der Waals surface area contributed by atoms with E-state index in [1.54, 1.807) is 6.33 Å². The summed E-state index contributed by atoms with van der Waals surface area (Å²) in [5.41, 5.74) is 2.24. The summed E-state index contributed by atoms with van der Waals surface area (Å²) in [6.07, 6.45) is 1.72. The van der Waals surface area contributed by atoms with Crippen LogP contribution in [0.2, 0.25) is 0 Å². The number of nitrogens with one attached hydrogen (secondary N) is 1. The average Bonchev–Trinajstić information content (AvgIpc) is 2.73. The number of aromatic nitrogens is 2. The van der Waals surface area contributed by atoms with Gasteiger partial charge in [-0.05, 0) is 32.0 Å². The van der Waals surface area contributed by atoms with Crippen LogP contribution in [-0.4, -0.2) is 27.1 Å². The Bertz CT molecular complexity index is 637. The first kappa shape index (κ1) is 14.0. The predicted molar refractivity (Wildman–Crippen MR) is 72.1 cm³/mol. The maximum absolute atomic E-state index is 12.9. The lowest BCUT2D eigenvalue weighted by atomic mass is 10.2. The molecule has 5 nitrogen and oxygen atoms in total. The van der Waals surface area contributed by atoms with E-state index in [2.05, 4.69) is 10.3 Å². The lowest BCUT2D eigenvalue weighted by molar-refractivity contribution is 0.0951. The summed E-state index contributed by atoms with van der Waals surface area (Å²) in [5, 5.41) is 11.9. The number of rotatable bonds is 4. The Balaban J connectivity index is 1.92. The van der Waals surface area contributed by atoms with Gasteiger partial charge in [0.1, 0.15) is 0 Å². The van der Waals surface area contributed by atoms with Gasteiger partial charge in [-0.25, -0.2) is 9.37 Å². The molecule has 0 radical (unpaired) electrons. The van der Waals surface area contributed by atoms with Crippen LogP contribution in [0.3, 0.4) is 0 Å². The van der Waals surface area contributed by atoms with Gasteiger partial charge in [0.2, 0.25) is 0 Å². The highest BCUT2D eigenvalue weighted by Gasteiger charge is 2.09. The third-order valence-corrected chi connectivity index (χ3v) is 3.19. The molecule has 0 bridgehead atoms. The molecule has 0 aliphatic carbocycles. The quantitative estimate of drug-likeness (QED) is 0.895. The van der Waals surface area contributed by atoms with Crippen molar-refractivity contribution >= 4 is 5.91 Å². The van der Waals surface area contributed by atoms with E-state index in [1.807, 2.05) is 18.4 Å². The lowest BCUT2D eigenvalue weighted by Gasteiger charge is -2.08. The first-order valence-electron chi connectivity index (χ1n) is 6.24. The second-order valence-electron chi connectivity index (χ2n) is 4.53. The van der Waals surface area contributed by atoms with Gasteiger partial charge < -0.3 is 15.0 Å². The molecule has 0 atom stereocenters. The maximum atomic E-state index is 12.9. The summed E-state index contributed by atoms with van der Waals surface area (Å²) in [7, 11) is 0. The molecule has 0 unspecified atom stereocenters. The normalized spacial score (nSPS) is 10.6. The summed E-state index contributed by atoms with van der Waals surface area (Å²) >= 11 is 0. The molecule has 106 valence electrons. The summed E-state index contributed by atoms with van der Waals surface area (Å²) in [5.74, 6) is -1.63. The fourth-order valence-electron chi connectivity index (χ4n) is 1.82. The van der Waals surface area contributed by atoms with Gasteiger partial charge in [-0.1, -0.05) is 0 Å². The minimum atomic E-state index is -0.744. The highest BCUT2D eigenvalue weighted by Crippen LogP contribution is 2.16. The van der Waals surface area contributed by atoms with Crippen LogP contribution in [0.15, 0.2) is 24.5 Å². The number of carbonyl (C=O) groups excluding carboxylic acids is 1. The van der Waals surface area contributed by atoms with Crippen molar-refractivity contribution < 1.29 is 14.3 Å². The highest BCUT2D eigenvalue weighted by atomic mass is 19.1. The second kappa shape index (κ2) is 5.73. The van der Waals surface area contributed by atoms with Crippen molar-refractivity contribution in [2.24, 2.45) is 0 Å². The van der Waals surface area contributed by atoms with E-state index < -0.39 is 11.6 Å². The van der Waals surface area contributed by atoms with E-state index in [-0.39, 0.29) is 11.5 Å². The fourth-order valence-corrected chi connectivity index (χ4v) is 1.82. The zero-order valence-electron chi connectivity index (χ0n) is 11.4. The number of phenols is 1. The third kappa shape index (κ3) is 2.96. The van der Waals surface area contributed by atoms with E-state index in [0.717, 1.165) is 23.5 Å². The van der Waals surface area contributed by atoms with Crippen LogP contribution < -0.4 is 5.32 Å². The van der Waals surface area contributed by atoms with E-state index in [4.69, 9.17) is 0 Å². The Morgan fingerprint density at radius 2 is 2.20 bits per heavy atom. The molecule has 0 saturated heterocycles. The molecule has 0 fully saturated rings. The number of imidazole rings is 1. The fraction of sp³-hybridized carbons (Fsp3) is 0.286. The largest absolute Gasteiger partial charge is 0.505 e. The van der Waals surface area contributed by atoms with Crippen molar-refractivity contribution in [3.63, 3.8) is 0 Å². The van der Waals surface area contributed by atoms with Crippen molar-refractivity contribution in [2.45, 2.75) is 20.4 Å². The molecule has 0 spiro atoms. The standard InChI is InChI=1S/C14H16FN3O2/c1-9-10(2)18(8-17-9)6-5-16-14(20)11-3-4-12(15)13(19)7-11/h3-4,7-8,19H,5-6H2,1-2H3,(H,16,20). The van der Waals surface area contributed by atoms with Gasteiger partial charge in [0.05, 0.1) is 12.0 Å². The molecule has 0 aliphatic heterocycles. The van der Waals surface area contributed by atoms with Crippen LogP contribution in [-0.2, 0) is 6.54 Å². The molecule has 1 amide bonds. The lowest BCUT2D eigenvalue weighted by Crippen LogP contribution is -2.27. The van der Waals surface area contributed by atoms with E-state index >= 15 is 0 Å². The molecule has 1 heterocycles. The van der Waals surface area contributed by atoms with Gasteiger partial charge in [-0.2, -0.15) is 0 Å². The van der Waals surface area contributed by atoms with Crippen molar-refractivity contribution in [3.05, 3.63) is 47.3 Å². The van der Waals surface area contributed by atoms with Gasteiger partial charge in [0.25, 0.3) is 5.91 Å². The summed E-state index contributed by atoms with van der Waals surface area (Å²) < 4.78 is 14.8. The number of amides is 1. The highest BCUT2D eigenvalue weighted by molar-refractivity contribution is 5.94. The number of phenolic OH excluding ortho intramolecular Hbond substituents is 1. The van der Waals surface area contributed by atoms with Crippen LogP contribution in [0.4, 0.5) is 4.39 Å². The van der Waals surface area contributed by atoms with E-state index in [0.29, 0.717) is 13.1 Å². The Morgan fingerprint density at radius 1 is 1.45 bits per heavy atom. The van der Waals surface area contributed by atoms with Gasteiger partial charge in [-0.15, -0.1) is 0 Å². The molecular formula is C14H16FN3O2. The SMILES string of the molecule is Cc1ncn(CCNC(=O)c2ccc(F)c(O)c2)c1C. The maximum Gasteiger partial charge on any atom is 0.251 e. The zero-order valence-corrected chi connectivity index (χ0v) is 11.4. The van der Waals surface area contributed by atoms with Crippen molar-refractivity contribution in [1.29, 1.82) is 0 Å². The Morgan fingerprint density at radius 3 is 2.80 bits per heavy atom. The molecule has 0 saturated carbocycles. The Labute approximate surface area is 116 Å². The monoisotopic (exact) mass is 277 g/mol. The molecule has 2 N–H and O–H groups in total. The topological polar surface area (TPSA) is 67.2 Å². The van der Waals surface area contributed by atoms with Crippen molar-refractivity contribution in [1.82, 2.24) is 14.9 Å². The van der Waals surface area contributed by atoms with E-state index in [9.17, 15) is 14.3 Å². The van der Waals surface area contributed by atoms with Crippen LogP contribution in [0.25, 0.3) is 0 Å². The van der Waals surface area contributed by atoms with Crippen LogP contribution >= 0.6 is 0 Å². The smallest absolute Gasteiger partial charge is 0.251 e. The molecule has 0 aliphatic rings. The summed E-state index contributed by atoms with van der Waals surface area (Å²) in [6, 6.07) is 3.50. The molecule has 1 aromatic heterocycles. The van der Waals surface area contributed by atoms with Gasteiger partial charge in [0, 0.05) is 24.3 Å². The number of aryl methyl sites for hydroxylation is 1. The van der Waals surface area contributed by atoms with Gasteiger partial charge in [0.15, 0.2) is 11.6 Å². The summed E-state index contributed by atoms with van der Waals surface area (Å²) in [4.78, 5) is 16.0. The number of halogens is 1. The number of carbonyl (C=O) groups is 1. The number of hydrogen-bond acceptors (Lipinski definition) is 3. The molecule has 1 aromatic carbocycles. The van der Waals surface area contributed by atoms with Gasteiger partial charge in [-0.3, -0.25) is 4.79 Å². The molecule has 6 heteroatoms. The first-order valence-corrected chi connectivity index (χ1v) is 6.24. The van der Waals surface area contributed by atoms with E-state index in [1.165, 1.54) is 6.07 Å². The van der Waals surface area contributed by atoms with Crippen LogP contribution in [0.5, 0.6) is 5.75 Å². The zero-order chi connectivity index (χ0) is 14.7. The minimum absolute atomic E-state index is 0.224. The van der Waals surface area contributed by atoms with Crippen LogP contribution in [0, 0.1) is 19.7 Å². The average molecular weight is 277 g/mol. The molecular weight excluding hydrogens is 261 g/mol. The van der Waals surface area contributed by atoms with Crippen LogP contribution in [0.1, 0.15) is 21.7 Å². The molecule has 2 aromatic rings. The second-order valence-corrected chi connectivity index (χ2v) is 4.53. The minimum Gasteiger partial charge on any atom is -0.505 e. The molecule has 20 heavy (non-hydrogen) atoms. The Kier molecular flexibility index (Phi) is 4.02. The predicted octanol–water partition coefficient (Wildman–Crippen LogP) is 1.77. The number of aromatic hydroxyl groups is 1. The number of benzene rings is 1. The van der Waals surface area contributed by atoms with Gasteiger partial charge >= 0.3 is 0 Å². The van der Waals surface area contributed by atoms with Crippen molar-refractivity contribution in [2.75, 3.05) is 6.54 Å². The Hall–Kier alpha value is -2.37. The number of nitrogens with zero attached hydrogens (tertiary/aromatic N) is 2.